The number of anilines is 1. The van der Waals surface area contributed by atoms with E-state index in [1.165, 1.54) is 18.1 Å². The third-order valence-electron chi connectivity index (χ3n) is 4.73. The van der Waals surface area contributed by atoms with E-state index in [0.717, 1.165) is 52.3 Å². The summed E-state index contributed by atoms with van der Waals surface area (Å²) in [5.74, 6) is 1.85. The Morgan fingerprint density at radius 3 is 2.77 bits per heavy atom. The normalized spacial score (nSPS) is 13.2. The highest BCUT2D eigenvalue weighted by molar-refractivity contribution is 7.99. The topological polar surface area (TPSA) is 100 Å². The van der Waals surface area contributed by atoms with Crippen LogP contribution in [0.15, 0.2) is 35.1 Å². The van der Waals surface area contributed by atoms with E-state index < -0.39 is 0 Å². The smallest absolute Gasteiger partial charge is 0.175 e. The average molecular weight is 427 g/mol. The molecule has 0 atom stereocenters. The fraction of sp³-hybridized carbons (Fsp3) is 0.381. The molecule has 1 aliphatic rings. The number of imidazole rings is 1. The van der Waals surface area contributed by atoms with Gasteiger partial charge in [-0.15, -0.1) is 0 Å². The molecular weight excluding hydrogens is 400 g/mol. The van der Waals surface area contributed by atoms with Crippen molar-refractivity contribution < 1.29 is 9.47 Å². The summed E-state index contributed by atoms with van der Waals surface area (Å²) in [4.78, 5) is 14.3. The Bertz CT molecular complexity index is 1070. The van der Waals surface area contributed by atoms with Crippen LogP contribution in [0, 0.1) is 0 Å². The Kier molecular flexibility index (Phi) is 6.10. The third-order valence-corrected chi connectivity index (χ3v) is 5.80. The molecule has 1 aromatic carbocycles. The largest absolute Gasteiger partial charge is 0.486 e. The Morgan fingerprint density at radius 1 is 1.27 bits per heavy atom. The van der Waals surface area contributed by atoms with Crippen LogP contribution in [0.3, 0.4) is 0 Å². The first-order chi connectivity index (χ1) is 14.6. The van der Waals surface area contributed by atoms with Crippen molar-refractivity contribution in [3.63, 3.8) is 0 Å². The van der Waals surface area contributed by atoms with E-state index >= 15 is 0 Å². The van der Waals surface area contributed by atoms with Gasteiger partial charge in [0.15, 0.2) is 33.6 Å². The van der Waals surface area contributed by atoms with Gasteiger partial charge in [0, 0.05) is 17.5 Å². The number of aryl methyl sites for hydroxylation is 1. The summed E-state index contributed by atoms with van der Waals surface area (Å²) < 4.78 is 13.6. The molecule has 0 radical (unpaired) electrons. The monoisotopic (exact) mass is 426 g/mol. The second-order valence-corrected chi connectivity index (χ2v) is 8.29. The fourth-order valence-corrected chi connectivity index (χ4v) is 4.32. The highest BCUT2D eigenvalue weighted by atomic mass is 32.2. The number of hydrogen-bond acceptors (Lipinski definition) is 8. The van der Waals surface area contributed by atoms with E-state index in [9.17, 15) is 0 Å². The van der Waals surface area contributed by atoms with Crippen LogP contribution < -0.4 is 20.5 Å². The summed E-state index contributed by atoms with van der Waals surface area (Å²) in [5, 5.41) is 4.25. The zero-order chi connectivity index (χ0) is 21.1. The number of aromatic nitrogens is 4. The van der Waals surface area contributed by atoms with Gasteiger partial charge in [0.1, 0.15) is 19.5 Å². The molecule has 4 rings (SSSR count). The van der Waals surface area contributed by atoms with Crippen LogP contribution in [0.4, 0.5) is 5.82 Å². The molecule has 9 heteroatoms. The lowest BCUT2D eigenvalue weighted by atomic mass is 10.2. The zero-order valence-electron chi connectivity index (χ0n) is 17.2. The van der Waals surface area contributed by atoms with E-state index in [2.05, 4.69) is 40.3 Å². The van der Waals surface area contributed by atoms with Crippen molar-refractivity contribution in [2.24, 2.45) is 0 Å². The van der Waals surface area contributed by atoms with E-state index in [0.29, 0.717) is 30.6 Å². The lowest BCUT2D eigenvalue weighted by Crippen LogP contribution is -2.24. The summed E-state index contributed by atoms with van der Waals surface area (Å²) >= 11 is 1.54. The van der Waals surface area contributed by atoms with E-state index in [1.54, 1.807) is 0 Å². The van der Waals surface area contributed by atoms with Gasteiger partial charge in [-0.05, 0) is 30.7 Å². The number of fused-ring (bicyclic) bond motifs is 2. The Morgan fingerprint density at radius 2 is 2.03 bits per heavy atom. The van der Waals surface area contributed by atoms with Crippen molar-refractivity contribution in [3.8, 4) is 11.5 Å². The number of nitrogens with zero attached hydrogens (tertiary/aromatic N) is 4. The Labute approximate surface area is 179 Å². The molecule has 158 valence electrons. The molecule has 1 aliphatic heterocycles. The van der Waals surface area contributed by atoms with Crippen molar-refractivity contribution >= 4 is 34.8 Å². The van der Waals surface area contributed by atoms with Crippen LogP contribution in [0.25, 0.3) is 17.2 Å². The van der Waals surface area contributed by atoms with Gasteiger partial charge < -0.3 is 25.1 Å². The molecule has 0 saturated heterocycles. The number of rotatable bonds is 8. The van der Waals surface area contributed by atoms with Gasteiger partial charge in [0.25, 0.3) is 0 Å². The number of nitrogens with one attached hydrogen (secondary N) is 1. The maximum Gasteiger partial charge on any atom is 0.175 e. The molecule has 0 saturated carbocycles. The van der Waals surface area contributed by atoms with Crippen LogP contribution in [0.2, 0.25) is 0 Å². The molecule has 8 nitrogen and oxygen atoms in total. The third kappa shape index (κ3) is 4.22. The van der Waals surface area contributed by atoms with Crippen molar-refractivity contribution in [2.45, 2.75) is 42.9 Å². The minimum absolute atomic E-state index is 0.382. The highest BCUT2D eigenvalue weighted by Crippen LogP contribution is 2.40. The molecule has 0 aliphatic carbocycles. The van der Waals surface area contributed by atoms with Gasteiger partial charge >= 0.3 is 0 Å². The number of hydrogen-bond donors (Lipinski definition) is 2. The van der Waals surface area contributed by atoms with Crippen LogP contribution in [-0.4, -0.2) is 45.3 Å². The summed E-state index contributed by atoms with van der Waals surface area (Å²) in [7, 11) is 0. The Hall–Kier alpha value is -2.78. The van der Waals surface area contributed by atoms with Gasteiger partial charge in [0.2, 0.25) is 0 Å². The Balaban J connectivity index is 1.69. The first-order valence-corrected chi connectivity index (χ1v) is 10.8. The predicted molar refractivity (Wildman–Crippen MR) is 119 cm³/mol. The quantitative estimate of drug-likeness (QED) is 0.529. The number of benzene rings is 1. The molecule has 3 N–H and O–H groups in total. The van der Waals surface area contributed by atoms with Gasteiger partial charge in [-0.25, -0.2) is 15.0 Å². The second kappa shape index (κ2) is 8.93. The summed E-state index contributed by atoms with van der Waals surface area (Å²) in [6.45, 7) is 11.0. The van der Waals surface area contributed by atoms with Crippen molar-refractivity contribution in [1.82, 2.24) is 24.8 Å². The number of ether oxygens (including phenoxy) is 2. The van der Waals surface area contributed by atoms with Crippen LogP contribution in [0.1, 0.15) is 25.8 Å². The average Bonchev–Trinajstić information content (AvgIpc) is 3.09. The van der Waals surface area contributed by atoms with E-state index in [-0.39, 0.29) is 0 Å². The van der Waals surface area contributed by atoms with Crippen LogP contribution in [0.5, 0.6) is 11.5 Å². The highest BCUT2D eigenvalue weighted by Gasteiger charge is 2.20. The molecule has 0 fully saturated rings. The first-order valence-electron chi connectivity index (χ1n) is 10.0. The minimum Gasteiger partial charge on any atom is -0.486 e. The molecule has 3 heterocycles. The molecular formula is C21H26N6O2S. The summed E-state index contributed by atoms with van der Waals surface area (Å²) in [6, 6.07) is 4.39. The predicted octanol–water partition coefficient (Wildman–Crippen LogP) is 3.36. The molecule has 0 bridgehead atoms. The summed E-state index contributed by atoms with van der Waals surface area (Å²) in [6.07, 6.45) is 4.24. The van der Waals surface area contributed by atoms with Crippen LogP contribution in [-0.2, 0) is 6.54 Å². The fourth-order valence-electron chi connectivity index (χ4n) is 3.27. The second-order valence-electron chi connectivity index (χ2n) is 7.28. The maximum absolute atomic E-state index is 6.07. The van der Waals surface area contributed by atoms with Crippen molar-refractivity contribution in [3.05, 3.63) is 30.6 Å². The maximum atomic E-state index is 6.07. The molecule has 30 heavy (non-hydrogen) atoms. The summed E-state index contributed by atoms with van der Waals surface area (Å²) in [5.41, 5.74) is 8.40. The molecule has 0 spiro atoms. The lowest BCUT2D eigenvalue weighted by Gasteiger charge is -2.20. The first kappa shape index (κ1) is 20.5. The van der Waals surface area contributed by atoms with E-state index in [4.69, 9.17) is 20.2 Å². The SMILES string of the molecule is C=Cc1cc2c(cc1Sc1nc3c(N)ncnc3n1CCCNC(C)C)OCCO2. The molecule has 0 unspecified atom stereocenters. The van der Waals surface area contributed by atoms with Gasteiger partial charge in [0.05, 0.1) is 0 Å². The molecule has 2 aromatic heterocycles. The molecule has 0 amide bonds. The van der Waals surface area contributed by atoms with Crippen LogP contribution >= 0.6 is 11.8 Å². The minimum atomic E-state index is 0.382. The number of nitrogen functional groups attached to an aromatic ring is 1. The van der Waals surface area contributed by atoms with E-state index in [1.807, 2.05) is 18.2 Å². The van der Waals surface area contributed by atoms with Crippen molar-refractivity contribution in [2.75, 3.05) is 25.5 Å². The molecule has 3 aromatic rings. The lowest BCUT2D eigenvalue weighted by molar-refractivity contribution is 0.171. The van der Waals surface area contributed by atoms with Crippen molar-refractivity contribution in [1.29, 1.82) is 0 Å². The van der Waals surface area contributed by atoms with Gasteiger partial charge in [-0.2, -0.15) is 0 Å². The van der Waals surface area contributed by atoms with Gasteiger partial charge in [-0.1, -0.05) is 38.3 Å². The standard InChI is InChI=1S/C21H26N6O2S/c1-4-14-10-15-16(29-9-8-28-15)11-17(14)30-21-26-18-19(22)24-12-25-20(18)27(21)7-5-6-23-13(2)3/h4,10-13,23H,1,5-9H2,2-3H3,(H2,22,24,25). The van der Waals surface area contributed by atoms with Gasteiger partial charge in [-0.3, -0.25) is 0 Å². The zero-order valence-corrected chi connectivity index (χ0v) is 18.0. The number of nitrogens with two attached hydrogens (primary N) is 1.